The molecule has 84 valence electrons. The zero-order valence-electron chi connectivity index (χ0n) is 8.88. The summed E-state index contributed by atoms with van der Waals surface area (Å²) in [7, 11) is 1.81. The average Bonchev–Trinajstić information content (AvgIpc) is 2.23. The standard InChI is InChI=1S/C12H12FNO2/c1-14-5-3-2-4-9-6-10(12(15)16)8-11(13)7-9/h6-8,14H,3,5H2,1H3,(H,15,16). The molecular weight excluding hydrogens is 209 g/mol. The second-order valence-electron chi connectivity index (χ2n) is 3.19. The third-order valence-electron chi connectivity index (χ3n) is 1.88. The molecule has 0 radical (unpaired) electrons. The Morgan fingerprint density at radius 2 is 2.25 bits per heavy atom. The van der Waals surface area contributed by atoms with Crippen molar-refractivity contribution in [1.82, 2.24) is 5.32 Å². The van der Waals surface area contributed by atoms with Gasteiger partial charge in [0.2, 0.25) is 0 Å². The predicted molar refractivity (Wildman–Crippen MR) is 58.8 cm³/mol. The first-order valence-corrected chi connectivity index (χ1v) is 4.81. The average molecular weight is 221 g/mol. The molecule has 0 heterocycles. The van der Waals surface area contributed by atoms with Gasteiger partial charge >= 0.3 is 5.97 Å². The number of halogens is 1. The number of nitrogens with one attached hydrogen (secondary N) is 1. The maximum Gasteiger partial charge on any atom is 0.335 e. The van der Waals surface area contributed by atoms with Gasteiger partial charge in [-0.25, -0.2) is 9.18 Å². The Hall–Kier alpha value is -1.86. The van der Waals surface area contributed by atoms with E-state index < -0.39 is 11.8 Å². The quantitative estimate of drug-likeness (QED) is 0.600. The van der Waals surface area contributed by atoms with Crippen molar-refractivity contribution in [1.29, 1.82) is 0 Å². The van der Waals surface area contributed by atoms with Gasteiger partial charge in [0.25, 0.3) is 0 Å². The van der Waals surface area contributed by atoms with Crippen LogP contribution in [0, 0.1) is 17.7 Å². The van der Waals surface area contributed by atoms with Gasteiger partial charge in [0.1, 0.15) is 5.82 Å². The Morgan fingerprint density at radius 1 is 1.50 bits per heavy atom. The van der Waals surface area contributed by atoms with Crippen molar-refractivity contribution in [3.8, 4) is 11.8 Å². The van der Waals surface area contributed by atoms with E-state index in [1.807, 2.05) is 7.05 Å². The van der Waals surface area contributed by atoms with Gasteiger partial charge in [-0.15, -0.1) is 0 Å². The van der Waals surface area contributed by atoms with Crippen LogP contribution in [0.15, 0.2) is 18.2 Å². The lowest BCUT2D eigenvalue weighted by Crippen LogP contribution is -2.05. The van der Waals surface area contributed by atoms with E-state index in [0.29, 0.717) is 12.0 Å². The van der Waals surface area contributed by atoms with E-state index in [2.05, 4.69) is 17.2 Å². The van der Waals surface area contributed by atoms with E-state index in [4.69, 9.17) is 5.11 Å². The summed E-state index contributed by atoms with van der Waals surface area (Å²) in [6.45, 7) is 0.744. The number of benzene rings is 1. The fourth-order valence-electron chi connectivity index (χ4n) is 1.14. The normalized spacial score (nSPS) is 9.38. The molecule has 1 rings (SSSR count). The molecule has 0 atom stereocenters. The minimum absolute atomic E-state index is 0.0853. The molecule has 0 saturated carbocycles. The van der Waals surface area contributed by atoms with Crippen molar-refractivity contribution in [3.05, 3.63) is 35.1 Å². The van der Waals surface area contributed by atoms with Crippen molar-refractivity contribution < 1.29 is 14.3 Å². The molecule has 1 aromatic carbocycles. The predicted octanol–water partition coefficient (Wildman–Crippen LogP) is 1.48. The largest absolute Gasteiger partial charge is 0.478 e. The van der Waals surface area contributed by atoms with E-state index in [1.165, 1.54) is 12.1 Å². The molecule has 2 N–H and O–H groups in total. The number of hydrogen-bond acceptors (Lipinski definition) is 2. The number of carboxylic acid groups (broad SMARTS) is 1. The summed E-state index contributed by atoms with van der Waals surface area (Å²) >= 11 is 0. The molecule has 3 nitrogen and oxygen atoms in total. The number of aromatic carboxylic acids is 1. The highest BCUT2D eigenvalue weighted by atomic mass is 19.1. The van der Waals surface area contributed by atoms with Gasteiger partial charge in [-0.1, -0.05) is 11.8 Å². The number of hydrogen-bond donors (Lipinski definition) is 2. The highest BCUT2D eigenvalue weighted by Crippen LogP contribution is 2.08. The number of rotatable bonds is 3. The Morgan fingerprint density at radius 3 is 2.88 bits per heavy atom. The summed E-state index contributed by atoms with van der Waals surface area (Å²) in [5, 5.41) is 11.6. The maximum atomic E-state index is 13.0. The lowest BCUT2D eigenvalue weighted by atomic mass is 10.1. The second-order valence-corrected chi connectivity index (χ2v) is 3.19. The van der Waals surface area contributed by atoms with Crippen LogP contribution in [0.3, 0.4) is 0 Å². The molecule has 0 bridgehead atoms. The molecule has 4 heteroatoms. The van der Waals surface area contributed by atoms with Crippen LogP contribution in [0.2, 0.25) is 0 Å². The zero-order valence-corrected chi connectivity index (χ0v) is 8.88. The first kappa shape index (κ1) is 12.2. The van der Waals surface area contributed by atoms with Crippen LogP contribution < -0.4 is 5.32 Å². The van der Waals surface area contributed by atoms with Crippen LogP contribution in [0.4, 0.5) is 4.39 Å². The van der Waals surface area contributed by atoms with Crippen molar-refractivity contribution in [3.63, 3.8) is 0 Å². The first-order valence-electron chi connectivity index (χ1n) is 4.81. The Kier molecular flexibility index (Phi) is 4.49. The van der Waals surface area contributed by atoms with Crippen LogP contribution in [0.5, 0.6) is 0 Å². The third-order valence-corrected chi connectivity index (χ3v) is 1.88. The smallest absolute Gasteiger partial charge is 0.335 e. The molecule has 0 fully saturated rings. The Labute approximate surface area is 93.3 Å². The summed E-state index contributed by atoms with van der Waals surface area (Å²) in [4.78, 5) is 10.7. The van der Waals surface area contributed by atoms with E-state index in [-0.39, 0.29) is 5.56 Å². The van der Waals surface area contributed by atoms with Gasteiger partial charge in [-0.05, 0) is 25.2 Å². The van der Waals surface area contributed by atoms with Crippen molar-refractivity contribution in [2.75, 3.05) is 13.6 Å². The van der Waals surface area contributed by atoms with Crippen LogP contribution >= 0.6 is 0 Å². The molecule has 0 saturated heterocycles. The van der Waals surface area contributed by atoms with Crippen LogP contribution in [0.25, 0.3) is 0 Å². The summed E-state index contributed by atoms with van der Waals surface area (Å²) in [6, 6.07) is 3.55. The molecular formula is C12H12FNO2. The minimum atomic E-state index is -1.15. The van der Waals surface area contributed by atoms with Crippen molar-refractivity contribution in [2.24, 2.45) is 0 Å². The number of carbonyl (C=O) groups is 1. The van der Waals surface area contributed by atoms with Gasteiger partial charge < -0.3 is 10.4 Å². The van der Waals surface area contributed by atoms with E-state index >= 15 is 0 Å². The molecule has 0 unspecified atom stereocenters. The molecule has 0 aromatic heterocycles. The van der Waals surface area contributed by atoms with Gasteiger partial charge in [0.15, 0.2) is 0 Å². The van der Waals surface area contributed by atoms with Gasteiger partial charge in [-0.3, -0.25) is 0 Å². The second kappa shape index (κ2) is 5.89. The van der Waals surface area contributed by atoms with Crippen LogP contribution in [0.1, 0.15) is 22.3 Å². The Bertz CT molecular complexity index is 446. The van der Waals surface area contributed by atoms with Crippen LogP contribution in [-0.4, -0.2) is 24.7 Å². The van der Waals surface area contributed by atoms with E-state index in [1.54, 1.807) is 0 Å². The van der Waals surface area contributed by atoms with Gasteiger partial charge in [-0.2, -0.15) is 0 Å². The highest BCUT2D eigenvalue weighted by molar-refractivity contribution is 5.88. The fourth-order valence-corrected chi connectivity index (χ4v) is 1.14. The van der Waals surface area contributed by atoms with E-state index in [9.17, 15) is 9.18 Å². The zero-order chi connectivity index (χ0) is 12.0. The monoisotopic (exact) mass is 221 g/mol. The fraction of sp³-hybridized carbons (Fsp3) is 0.250. The number of carboxylic acids is 1. The third kappa shape index (κ3) is 3.71. The highest BCUT2D eigenvalue weighted by Gasteiger charge is 2.05. The summed E-state index contributed by atoms with van der Waals surface area (Å²) in [6.07, 6.45) is 0.634. The summed E-state index contributed by atoms with van der Waals surface area (Å²) in [5.74, 6) is 3.81. The first-order chi connectivity index (χ1) is 7.63. The molecule has 0 aliphatic carbocycles. The summed E-state index contributed by atoms with van der Waals surface area (Å²) in [5.41, 5.74) is 0.298. The van der Waals surface area contributed by atoms with Gasteiger partial charge in [0, 0.05) is 18.5 Å². The Balaban J connectivity index is 2.86. The summed E-state index contributed by atoms with van der Waals surface area (Å²) < 4.78 is 13.0. The van der Waals surface area contributed by atoms with Crippen molar-refractivity contribution >= 4 is 5.97 Å². The topological polar surface area (TPSA) is 49.3 Å². The maximum absolute atomic E-state index is 13.0. The van der Waals surface area contributed by atoms with Crippen molar-refractivity contribution in [2.45, 2.75) is 6.42 Å². The molecule has 0 aliphatic rings. The molecule has 1 aromatic rings. The van der Waals surface area contributed by atoms with Gasteiger partial charge in [0.05, 0.1) is 5.56 Å². The van der Waals surface area contributed by atoms with E-state index in [0.717, 1.165) is 12.6 Å². The lowest BCUT2D eigenvalue weighted by Gasteiger charge is -1.96. The molecule has 0 spiro atoms. The van der Waals surface area contributed by atoms with Crippen LogP contribution in [-0.2, 0) is 0 Å². The molecule has 16 heavy (non-hydrogen) atoms. The minimum Gasteiger partial charge on any atom is -0.478 e. The lowest BCUT2D eigenvalue weighted by molar-refractivity contribution is 0.0696. The molecule has 0 aliphatic heterocycles. The SMILES string of the molecule is CNCCC#Cc1cc(F)cc(C(=O)O)c1. The molecule has 0 amide bonds.